The first kappa shape index (κ1) is 13.5. The van der Waals surface area contributed by atoms with Crippen LogP contribution in [0.4, 0.5) is 5.82 Å². The zero-order valence-electron chi connectivity index (χ0n) is 10.9. The third-order valence-corrected chi connectivity index (χ3v) is 3.69. The molecule has 0 aromatic carbocycles. The molecule has 0 unspecified atom stereocenters. The molecule has 0 aliphatic heterocycles. The van der Waals surface area contributed by atoms with Gasteiger partial charge in [-0.05, 0) is 19.1 Å². The Labute approximate surface area is 115 Å². The number of nitrogens with one attached hydrogen (secondary N) is 2. The largest absolute Gasteiger partial charge is 0.358 e. The number of hydrogen-bond acceptors (Lipinski definition) is 7. The molecule has 8 heteroatoms. The molecule has 0 atom stereocenters. The predicted octanol–water partition coefficient (Wildman–Crippen LogP) is 0.224. The third kappa shape index (κ3) is 3.30. The number of thiazole rings is 1. The fraction of sp³-hybridized carbons (Fsp3) is 0.364. The molecule has 4 N–H and O–H groups in total. The van der Waals surface area contributed by atoms with Gasteiger partial charge in [-0.15, -0.1) is 21.2 Å². The van der Waals surface area contributed by atoms with E-state index in [2.05, 4.69) is 21.0 Å². The maximum atomic E-state index is 7.58. The normalized spacial score (nSPS) is 10.5. The lowest BCUT2D eigenvalue weighted by Crippen LogP contribution is -2.36. The average molecular weight is 279 g/mol. The molecule has 2 aromatic heterocycles. The highest BCUT2D eigenvalue weighted by atomic mass is 32.1. The predicted molar refractivity (Wildman–Crippen MR) is 75.5 cm³/mol. The summed E-state index contributed by atoms with van der Waals surface area (Å²) in [7, 11) is 1.95. The number of aryl methyl sites for hydroxylation is 1. The minimum Gasteiger partial charge on any atom is -0.358 e. The zero-order valence-corrected chi connectivity index (χ0v) is 11.7. The Hall–Kier alpha value is -1.93. The number of anilines is 1. The van der Waals surface area contributed by atoms with Crippen molar-refractivity contribution < 1.29 is 0 Å². The van der Waals surface area contributed by atoms with Crippen molar-refractivity contribution in [3.63, 3.8) is 0 Å². The molecule has 0 saturated carbocycles. The van der Waals surface area contributed by atoms with Crippen LogP contribution in [-0.2, 0) is 6.42 Å². The van der Waals surface area contributed by atoms with E-state index in [1.54, 1.807) is 23.5 Å². The molecule has 0 amide bonds. The van der Waals surface area contributed by atoms with E-state index in [4.69, 9.17) is 11.3 Å². The van der Waals surface area contributed by atoms with Gasteiger partial charge in [0.05, 0.1) is 5.01 Å². The van der Waals surface area contributed by atoms with Crippen molar-refractivity contribution in [2.45, 2.75) is 13.3 Å². The molecular formula is C11H17N7S. The van der Waals surface area contributed by atoms with E-state index in [-0.39, 0.29) is 5.49 Å². The first-order valence-corrected chi connectivity index (χ1v) is 6.72. The van der Waals surface area contributed by atoms with Crippen LogP contribution in [-0.4, -0.2) is 28.5 Å². The Morgan fingerprint density at radius 3 is 2.95 bits per heavy atom. The highest BCUT2D eigenvalue weighted by molar-refractivity contribution is 7.09. The number of nitrogens with two attached hydrogens (primary N) is 1. The minimum absolute atomic E-state index is 0.204. The third-order valence-electron chi connectivity index (χ3n) is 2.66. The highest BCUT2D eigenvalue weighted by Crippen LogP contribution is 2.11. The molecule has 102 valence electrons. The molecule has 0 saturated heterocycles. The summed E-state index contributed by atoms with van der Waals surface area (Å²) in [5.41, 5.74) is 3.61. The second kappa shape index (κ2) is 5.81. The van der Waals surface area contributed by atoms with E-state index in [0.29, 0.717) is 0 Å². The summed E-state index contributed by atoms with van der Waals surface area (Å²) in [5.74, 6) is 6.04. The monoisotopic (exact) mass is 279 g/mol. The first-order chi connectivity index (χ1) is 9.10. The van der Waals surface area contributed by atoms with Crippen LogP contribution in [0.1, 0.15) is 10.7 Å². The lowest BCUT2D eigenvalue weighted by molar-refractivity contribution is 0.665. The van der Waals surface area contributed by atoms with Crippen LogP contribution in [0.5, 0.6) is 0 Å². The molecule has 2 heterocycles. The van der Waals surface area contributed by atoms with Crippen LogP contribution in [0.15, 0.2) is 17.5 Å². The van der Waals surface area contributed by atoms with Crippen molar-refractivity contribution >= 4 is 17.2 Å². The van der Waals surface area contributed by atoms with E-state index in [1.807, 2.05) is 18.9 Å². The number of hydrazine groups is 1. The summed E-state index contributed by atoms with van der Waals surface area (Å²) >= 11 is 1.67. The molecular weight excluding hydrogens is 262 g/mol. The average Bonchev–Trinajstić information content (AvgIpc) is 2.82. The molecule has 0 bridgehead atoms. The Kier molecular flexibility index (Phi) is 4.13. The molecule has 0 aliphatic rings. The topological polar surface area (TPSA) is 95.9 Å². The van der Waals surface area contributed by atoms with Gasteiger partial charge in [0.2, 0.25) is 0 Å². The van der Waals surface area contributed by atoms with Gasteiger partial charge >= 0.3 is 0 Å². The Bertz CT molecular complexity index is 603. The van der Waals surface area contributed by atoms with Crippen LogP contribution in [0.3, 0.4) is 0 Å². The van der Waals surface area contributed by atoms with Crippen molar-refractivity contribution in [1.82, 2.24) is 14.9 Å². The number of hydrogen-bond donors (Lipinski definition) is 3. The van der Waals surface area contributed by atoms with Crippen LogP contribution in [0.25, 0.3) is 0 Å². The summed E-state index contributed by atoms with van der Waals surface area (Å²) in [6.07, 6.45) is 0.870. The van der Waals surface area contributed by atoms with Crippen molar-refractivity contribution in [3.05, 3.63) is 33.7 Å². The molecule has 0 aliphatic carbocycles. The van der Waals surface area contributed by atoms with Crippen LogP contribution in [0.2, 0.25) is 0 Å². The standard InChI is InChI=1S/C11H17N7S/c1-8-7-19-11(14-8)5-6-17(2)10-4-3-9(12)18(15-10)16-13/h3-4,7,12,16H,5-6,13H2,1-2H3. The SMILES string of the molecule is Cc1csc(CCN(C)c2ccc(=N)n(NN)n2)n1. The Morgan fingerprint density at radius 2 is 2.32 bits per heavy atom. The van der Waals surface area contributed by atoms with Crippen molar-refractivity contribution in [1.29, 1.82) is 5.41 Å². The molecule has 19 heavy (non-hydrogen) atoms. The van der Waals surface area contributed by atoms with E-state index in [1.165, 1.54) is 4.79 Å². The maximum absolute atomic E-state index is 7.58. The van der Waals surface area contributed by atoms with Gasteiger partial charge in [-0.25, -0.2) is 16.4 Å². The van der Waals surface area contributed by atoms with Gasteiger partial charge in [0, 0.05) is 31.1 Å². The second-order valence-corrected chi connectivity index (χ2v) is 5.11. The van der Waals surface area contributed by atoms with Gasteiger partial charge < -0.3 is 4.90 Å². The quantitative estimate of drug-likeness (QED) is 0.537. The van der Waals surface area contributed by atoms with E-state index >= 15 is 0 Å². The van der Waals surface area contributed by atoms with E-state index in [0.717, 1.165) is 29.5 Å². The number of aromatic nitrogens is 3. The number of nitrogens with zero attached hydrogens (tertiary/aromatic N) is 4. The summed E-state index contributed by atoms with van der Waals surface area (Å²) in [6, 6.07) is 3.44. The maximum Gasteiger partial charge on any atom is 0.166 e. The Morgan fingerprint density at radius 1 is 1.53 bits per heavy atom. The van der Waals surface area contributed by atoms with Gasteiger partial charge in [-0.3, -0.25) is 5.41 Å². The van der Waals surface area contributed by atoms with Crippen LogP contribution in [0, 0.1) is 12.3 Å². The molecule has 0 spiro atoms. The smallest absolute Gasteiger partial charge is 0.166 e. The molecule has 2 aromatic rings. The van der Waals surface area contributed by atoms with Crippen molar-refractivity contribution in [2.75, 3.05) is 24.0 Å². The van der Waals surface area contributed by atoms with Gasteiger partial charge in [0.25, 0.3) is 0 Å². The number of nitrogen functional groups attached to an aromatic ring is 1. The van der Waals surface area contributed by atoms with Gasteiger partial charge in [0.1, 0.15) is 0 Å². The second-order valence-electron chi connectivity index (χ2n) is 4.17. The lowest BCUT2D eigenvalue weighted by atomic mass is 10.4. The molecule has 7 nitrogen and oxygen atoms in total. The summed E-state index contributed by atoms with van der Waals surface area (Å²) < 4.78 is 0. The highest BCUT2D eigenvalue weighted by Gasteiger charge is 2.06. The zero-order chi connectivity index (χ0) is 13.8. The summed E-state index contributed by atoms with van der Waals surface area (Å²) in [5, 5.41) is 15.0. The van der Waals surface area contributed by atoms with Crippen LogP contribution < -0.4 is 21.8 Å². The van der Waals surface area contributed by atoms with Crippen molar-refractivity contribution in [3.8, 4) is 0 Å². The molecule has 0 fully saturated rings. The van der Waals surface area contributed by atoms with Gasteiger partial charge in [-0.2, -0.15) is 0 Å². The Balaban J connectivity index is 2.03. The number of likely N-dealkylation sites (N-methyl/N-ethyl adjacent to an activating group) is 1. The first-order valence-electron chi connectivity index (χ1n) is 5.84. The van der Waals surface area contributed by atoms with E-state index < -0.39 is 0 Å². The summed E-state index contributed by atoms with van der Waals surface area (Å²) in [6.45, 7) is 2.80. The van der Waals surface area contributed by atoms with Crippen molar-refractivity contribution in [2.24, 2.45) is 5.84 Å². The minimum atomic E-state index is 0.204. The fourth-order valence-electron chi connectivity index (χ4n) is 1.61. The lowest BCUT2D eigenvalue weighted by Gasteiger charge is -2.18. The number of rotatable bonds is 5. The van der Waals surface area contributed by atoms with E-state index in [9.17, 15) is 0 Å². The van der Waals surface area contributed by atoms with Crippen LogP contribution >= 0.6 is 11.3 Å². The summed E-state index contributed by atoms with van der Waals surface area (Å²) in [4.78, 5) is 7.65. The fourth-order valence-corrected chi connectivity index (χ4v) is 2.38. The molecule has 2 rings (SSSR count). The molecule has 0 radical (unpaired) electrons. The van der Waals surface area contributed by atoms with Gasteiger partial charge in [-0.1, -0.05) is 0 Å². The van der Waals surface area contributed by atoms with Gasteiger partial charge in [0.15, 0.2) is 11.3 Å².